The number of carbonyl (C=O) groups excluding carboxylic acids is 1. The van der Waals surface area contributed by atoms with Crippen LogP contribution in [-0.4, -0.2) is 28.5 Å². The molecule has 2 rings (SSSR count). The summed E-state index contributed by atoms with van der Waals surface area (Å²) in [6.07, 6.45) is 5.18. The molecule has 0 radical (unpaired) electrons. The lowest BCUT2D eigenvalue weighted by Gasteiger charge is -2.22. The van der Waals surface area contributed by atoms with E-state index in [2.05, 4.69) is 10.3 Å². The minimum atomic E-state index is -0.804. The molecule has 1 N–H and O–H groups in total. The van der Waals surface area contributed by atoms with Crippen LogP contribution in [0.15, 0.2) is 12.1 Å². The van der Waals surface area contributed by atoms with Crippen molar-refractivity contribution in [3.63, 3.8) is 0 Å². The van der Waals surface area contributed by atoms with Gasteiger partial charge in [-0.2, -0.15) is 0 Å². The maximum Gasteiger partial charge on any atom is 0.406 e. The standard InChI is InChI=1S/C16H23N3O4/c1-11-8-9-14(15(18-11)19(21)22)23-12(2)16(20)17-10-13-6-4-3-5-7-13/h8-9,12-13H,3-7,10H2,1-2H3,(H,17,20). The summed E-state index contributed by atoms with van der Waals surface area (Å²) < 4.78 is 5.45. The summed E-state index contributed by atoms with van der Waals surface area (Å²) in [6, 6.07) is 3.10. The van der Waals surface area contributed by atoms with E-state index in [9.17, 15) is 14.9 Å². The summed E-state index contributed by atoms with van der Waals surface area (Å²) >= 11 is 0. The molecular formula is C16H23N3O4. The SMILES string of the molecule is Cc1ccc(OC(C)C(=O)NCC2CCCCC2)c([N+](=O)[O-])n1. The highest BCUT2D eigenvalue weighted by Crippen LogP contribution is 2.26. The van der Waals surface area contributed by atoms with Gasteiger partial charge in [0.1, 0.15) is 5.69 Å². The van der Waals surface area contributed by atoms with Crippen molar-refractivity contribution < 1.29 is 14.5 Å². The molecule has 1 amide bonds. The first-order valence-corrected chi connectivity index (χ1v) is 8.03. The molecular weight excluding hydrogens is 298 g/mol. The van der Waals surface area contributed by atoms with Gasteiger partial charge in [0.2, 0.25) is 5.75 Å². The summed E-state index contributed by atoms with van der Waals surface area (Å²) in [5, 5.41) is 13.9. The van der Waals surface area contributed by atoms with Gasteiger partial charge in [-0.3, -0.25) is 4.79 Å². The van der Waals surface area contributed by atoms with Crippen molar-refractivity contribution in [3.8, 4) is 5.75 Å². The van der Waals surface area contributed by atoms with E-state index in [4.69, 9.17) is 4.74 Å². The van der Waals surface area contributed by atoms with E-state index in [0.29, 0.717) is 18.2 Å². The van der Waals surface area contributed by atoms with Gasteiger partial charge >= 0.3 is 5.82 Å². The zero-order chi connectivity index (χ0) is 16.8. The zero-order valence-corrected chi connectivity index (χ0v) is 13.6. The smallest absolute Gasteiger partial charge is 0.406 e. The van der Waals surface area contributed by atoms with Crippen molar-refractivity contribution in [2.24, 2.45) is 5.92 Å². The van der Waals surface area contributed by atoms with Gasteiger partial charge in [0.25, 0.3) is 5.91 Å². The minimum absolute atomic E-state index is 0.0147. The average molecular weight is 321 g/mol. The topological polar surface area (TPSA) is 94.4 Å². The number of nitrogens with zero attached hydrogens (tertiary/aromatic N) is 2. The fourth-order valence-electron chi connectivity index (χ4n) is 2.78. The molecule has 1 unspecified atom stereocenters. The summed E-state index contributed by atoms with van der Waals surface area (Å²) in [4.78, 5) is 26.4. The van der Waals surface area contributed by atoms with Crippen LogP contribution < -0.4 is 10.1 Å². The van der Waals surface area contributed by atoms with Crippen LogP contribution in [0.25, 0.3) is 0 Å². The fraction of sp³-hybridized carbons (Fsp3) is 0.625. The highest BCUT2D eigenvalue weighted by Gasteiger charge is 2.23. The molecule has 7 nitrogen and oxygen atoms in total. The van der Waals surface area contributed by atoms with Crippen molar-refractivity contribution in [1.82, 2.24) is 10.3 Å². The van der Waals surface area contributed by atoms with E-state index in [-0.39, 0.29) is 17.5 Å². The quantitative estimate of drug-likeness (QED) is 0.642. The number of carbonyl (C=O) groups is 1. The molecule has 1 aliphatic rings. The second-order valence-corrected chi connectivity index (χ2v) is 6.04. The van der Waals surface area contributed by atoms with Crippen LogP contribution in [0.3, 0.4) is 0 Å². The Morgan fingerprint density at radius 2 is 2.13 bits per heavy atom. The third kappa shape index (κ3) is 4.91. The summed E-state index contributed by atoms with van der Waals surface area (Å²) in [5.41, 5.74) is 0.526. The van der Waals surface area contributed by atoms with Crippen LogP contribution >= 0.6 is 0 Å². The molecule has 23 heavy (non-hydrogen) atoms. The molecule has 1 saturated carbocycles. The van der Waals surface area contributed by atoms with Crippen LogP contribution in [0.2, 0.25) is 0 Å². The van der Waals surface area contributed by atoms with E-state index < -0.39 is 11.0 Å². The van der Waals surface area contributed by atoms with E-state index in [1.165, 1.54) is 25.3 Å². The lowest BCUT2D eigenvalue weighted by Crippen LogP contribution is -2.39. The van der Waals surface area contributed by atoms with E-state index in [1.807, 2.05) is 0 Å². The predicted molar refractivity (Wildman–Crippen MR) is 85.3 cm³/mol. The molecule has 1 aliphatic carbocycles. The minimum Gasteiger partial charge on any atom is -0.473 e. The van der Waals surface area contributed by atoms with Crippen molar-refractivity contribution in [2.45, 2.75) is 52.1 Å². The van der Waals surface area contributed by atoms with Gasteiger partial charge < -0.3 is 20.2 Å². The molecule has 126 valence electrons. The highest BCUT2D eigenvalue weighted by atomic mass is 16.6. The summed E-state index contributed by atoms with van der Waals surface area (Å²) in [6.45, 7) is 3.89. The number of rotatable bonds is 6. The molecule has 1 fully saturated rings. The number of hydrogen-bond donors (Lipinski definition) is 1. The summed E-state index contributed by atoms with van der Waals surface area (Å²) in [7, 11) is 0. The molecule has 1 aromatic heterocycles. The number of amides is 1. The second kappa shape index (κ2) is 7.89. The molecule has 0 aliphatic heterocycles. The van der Waals surface area contributed by atoms with Gasteiger partial charge in [-0.25, -0.2) is 0 Å². The predicted octanol–water partition coefficient (Wildman–Crippen LogP) is 2.76. The lowest BCUT2D eigenvalue weighted by atomic mass is 9.89. The van der Waals surface area contributed by atoms with Gasteiger partial charge in [-0.05, 0) is 47.7 Å². The van der Waals surface area contributed by atoms with Crippen LogP contribution in [-0.2, 0) is 4.79 Å². The first-order chi connectivity index (χ1) is 11.0. The van der Waals surface area contributed by atoms with E-state index >= 15 is 0 Å². The Hall–Kier alpha value is -2.18. The van der Waals surface area contributed by atoms with Crippen LogP contribution in [0.5, 0.6) is 5.75 Å². The van der Waals surface area contributed by atoms with Gasteiger partial charge in [0, 0.05) is 13.5 Å². The Labute approximate surface area is 135 Å². The van der Waals surface area contributed by atoms with Crippen LogP contribution in [0.1, 0.15) is 44.7 Å². The number of nitro groups is 1. The molecule has 0 spiro atoms. The maximum absolute atomic E-state index is 12.1. The number of hydrogen-bond acceptors (Lipinski definition) is 5. The van der Waals surface area contributed by atoms with E-state index in [0.717, 1.165) is 12.8 Å². The Morgan fingerprint density at radius 3 is 2.78 bits per heavy atom. The molecule has 1 heterocycles. The number of ether oxygens (including phenoxy) is 1. The van der Waals surface area contributed by atoms with Crippen molar-refractivity contribution >= 4 is 11.7 Å². The Balaban J connectivity index is 1.91. The first-order valence-electron chi connectivity index (χ1n) is 8.03. The second-order valence-electron chi connectivity index (χ2n) is 6.04. The molecule has 1 aromatic rings. The van der Waals surface area contributed by atoms with Crippen LogP contribution in [0.4, 0.5) is 5.82 Å². The number of aromatic nitrogens is 1. The van der Waals surface area contributed by atoms with Crippen molar-refractivity contribution in [2.75, 3.05) is 6.54 Å². The average Bonchev–Trinajstić information content (AvgIpc) is 2.55. The lowest BCUT2D eigenvalue weighted by molar-refractivity contribution is -0.390. The molecule has 0 saturated heterocycles. The van der Waals surface area contributed by atoms with Gasteiger partial charge in [0.15, 0.2) is 6.10 Å². The Bertz CT molecular complexity index is 570. The number of nitrogens with one attached hydrogen (secondary N) is 1. The molecule has 7 heteroatoms. The van der Waals surface area contributed by atoms with E-state index in [1.54, 1.807) is 19.9 Å². The maximum atomic E-state index is 12.1. The monoisotopic (exact) mass is 321 g/mol. The first kappa shape index (κ1) is 17.2. The molecule has 0 bridgehead atoms. The largest absolute Gasteiger partial charge is 0.473 e. The van der Waals surface area contributed by atoms with Crippen molar-refractivity contribution in [1.29, 1.82) is 0 Å². The zero-order valence-electron chi connectivity index (χ0n) is 13.6. The van der Waals surface area contributed by atoms with Gasteiger partial charge in [-0.1, -0.05) is 19.3 Å². The van der Waals surface area contributed by atoms with Crippen molar-refractivity contribution in [3.05, 3.63) is 27.9 Å². The Kier molecular flexibility index (Phi) is 5.90. The highest BCUT2D eigenvalue weighted by molar-refractivity contribution is 5.80. The summed E-state index contributed by atoms with van der Waals surface area (Å²) in [5.74, 6) is -0.0847. The molecule has 0 aromatic carbocycles. The normalized spacial score (nSPS) is 16.6. The third-order valence-corrected chi connectivity index (χ3v) is 4.11. The third-order valence-electron chi connectivity index (χ3n) is 4.11. The molecule has 1 atom stereocenters. The number of pyridine rings is 1. The number of aryl methyl sites for hydroxylation is 1. The van der Waals surface area contributed by atoms with Crippen LogP contribution in [0, 0.1) is 23.0 Å². The van der Waals surface area contributed by atoms with Gasteiger partial charge in [0.05, 0.1) is 0 Å². The Morgan fingerprint density at radius 1 is 1.43 bits per heavy atom. The fourth-order valence-corrected chi connectivity index (χ4v) is 2.78. The van der Waals surface area contributed by atoms with Gasteiger partial charge in [-0.15, -0.1) is 0 Å².